The lowest BCUT2D eigenvalue weighted by atomic mass is 9.87. The van der Waals surface area contributed by atoms with E-state index in [1.807, 2.05) is 31.3 Å². The molecule has 0 atom stereocenters. The van der Waals surface area contributed by atoms with Gasteiger partial charge < -0.3 is 4.98 Å². The first kappa shape index (κ1) is 14.6. The molecule has 0 unspecified atom stereocenters. The molecule has 4 nitrogen and oxygen atoms in total. The number of rotatable bonds is 6. The molecule has 0 saturated heterocycles. The number of H-pyrrole nitrogens is 1. The number of nitrogens with one attached hydrogen (secondary N) is 1. The Morgan fingerprint density at radius 2 is 2.10 bits per heavy atom. The molecular formula is C16H22N2O2S. The highest BCUT2D eigenvalue weighted by Crippen LogP contribution is 2.29. The van der Waals surface area contributed by atoms with Gasteiger partial charge in [0, 0.05) is 24.8 Å². The fraction of sp³-hybridized carbons (Fsp3) is 0.500. The van der Waals surface area contributed by atoms with Gasteiger partial charge in [-0.25, -0.2) is 8.42 Å². The summed E-state index contributed by atoms with van der Waals surface area (Å²) in [6, 6.07) is 8.09. The van der Waals surface area contributed by atoms with E-state index in [-0.39, 0.29) is 0 Å². The molecule has 2 aromatic rings. The van der Waals surface area contributed by atoms with Crippen LogP contribution in [0.4, 0.5) is 0 Å². The monoisotopic (exact) mass is 306 g/mol. The second-order valence-corrected chi connectivity index (χ2v) is 7.91. The third-order valence-electron chi connectivity index (χ3n) is 4.39. The normalized spacial score (nSPS) is 16.5. The minimum Gasteiger partial charge on any atom is -0.361 e. The number of hydrogen-bond donors (Lipinski definition) is 1. The zero-order valence-electron chi connectivity index (χ0n) is 12.4. The minimum atomic E-state index is -3.15. The van der Waals surface area contributed by atoms with E-state index < -0.39 is 10.0 Å². The molecule has 1 aliphatic carbocycles. The second-order valence-electron chi connectivity index (χ2n) is 5.90. The Bertz CT molecular complexity index is 717. The van der Waals surface area contributed by atoms with E-state index >= 15 is 0 Å². The van der Waals surface area contributed by atoms with Gasteiger partial charge in [0.1, 0.15) is 0 Å². The summed E-state index contributed by atoms with van der Waals surface area (Å²) in [6.45, 7) is 2.90. The molecule has 0 aliphatic heterocycles. The molecule has 0 bridgehead atoms. The SMILES string of the molecule is CCN(Cc1ccc2[nH]ccc2c1)S(=O)(=O)CC1CCC1. The molecule has 1 fully saturated rings. The third-order valence-corrected chi connectivity index (χ3v) is 6.46. The van der Waals surface area contributed by atoms with Gasteiger partial charge in [-0.05, 0) is 47.9 Å². The highest BCUT2D eigenvalue weighted by Gasteiger charge is 2.28. The summed E-state index contributed by atoms with van der Waals surface area (Å²) in [4.78, 5) is 3.15. The molecule has 21 heavy (non-hydrogen) atoms. The molecule has 1 aromatic heterocycles. The third kappa shape index (κ3) is 3.14. The van der Waals surface area contributed by atoms with E-state index in [0.29, 0.717) is 24.8 Å². The van der Waals surface area contributed by atoms with Crippen LogP contribution in [0.1, 0.15) is 31.7 Å². The Morgan fingerprint density at radius 1 is 1.29 bits per heavy atom. The van der Waals surface area contributed by atoms with Gasteiger partial charge in [0.2, 0.25) is 10.0 Å². The first-order valence-electron chi connectivity index (χ1n) is 7.62. The van der Waals surface area contributed by atoms with E-state index in [0.717, 1.165) is 29.3 Å². The molecule has 0 spiro atoms. The van der Waals surface area contributed by atoms with E-state index in [1.165, 1.54) is 6.42 Å². The number of aromatic amines is 1. The summed E-state index contributed by atoms with van der Waals surface area (Å²) in [5.41, 5.74) is 2.13. The average molecular weight is 306 g/mol. The van der Waals surface area contributed by atoms with Gasteiger partial charge in [0.25, 0.3) is 0 Å². The van der Waals surface area contributed by atoms with Gasteiger partial charge >= 0.3 is 0 Å². The van der Waals surface area contributed by atoms with Crippen molar-refractivity contribution in [2.45, 2.75) is 32.7 Å². The van der Waals surface area contributed by atoms with Crippen LogP contribution >= 0.6 is 0 Å². The quantitative estimate of drug-likeness (QED) is 0.891. The van der Waals surface area contributed by atoms with Crippen LogP contribution in [0, 0.1) is 5.92 Å². The van der Waals surface area contributed by atoms with E-state index in [1.54, 1.807) is 4.31 Å². The molecule has 1 N–H and O–H groups in total. The summed E-state index contributed by atoms with van der Waals surface area (Å²) >= 11 is 0. The smallest absolute Gasteiger partial charge is 0.214 e. The molecule has 5 heteroatoms. The van der Waals surface area contributed by atoms with Crippen molar-refractivity contribution >= 4 is 20.9 Å². The number of benzene rings is 1. The summed E-state index contributed by atoms with van der Waals surface area (Å²) < 4.78 is 26.6. The fourth-order valence-electron chi connectivity index (χ4n) is 2.87. The standard InChI is InChI=1S/C16H22N2O2S/c1-2-18(21(19,20)12-13-4-3-5-13)11-14-6-7-16-15(10-14)8-9-17-16/h6-10,13,17H,2-5,11-12H2,1H3. The molecule has 1 saturated carbocycles. The summed E-state index contributed by atoms with van der Waals surface area (Å²) in [5, 5.41) is 1.12. The maximum Gasteiger partial charge on any atom is 0.214 e. The Labute approximate surface area is 126 Å². The topological polar surface area (TPSA) is 53.2 Å². The lowest BCUT2D eigenvalue weighted by Crippen LogP contribution is -2.36. The van der Waals surface area contributed by atoms with Crippen LogP contribution in [-0.2, 0) is 16.6 Å². The first-order valence-corrected chi connectivity index (χ1v) is 9.23. The van der Waals surface area contributed by atoms with E-state index in [9.17, 15) is 8.42 Å². The van der Waals surface area contributed by atoms with Gasteiger partial charge in [0.15, 0.2) is 0 Å². The number of fused-ring (bicyclic) bond motifs is 1. The van der Waals surface area contributed by atoms with Gasteiger partial charge in [-0.1, -0.05) is 19.4 Å². The van der Waals surface area contributed by atoms with Crippen molar-refractivity contribution in [3.05, 3.63) is 36.0 Å². The highest BCUT2D eigenvalue weighted by molar-refractivity contribution is 7.89. The van der Waals surface area contributed by atoms with Crippen molar-refractivity contribution in [3.63, 3.8) is 0 Å². The van der Waals surface area contributed by atoms with Crippen LogP contribution in [0.15, 0.2) is 30.5 Å². The zero-order valence-corrected chi connectivity index (χ0v) is 13.2. The van der Waals surface area contributed by atoms with Crippen molar-refractivity contribution in [2.75, 3.05) is 12.3 Å². The van der Waals surface area contributed by atoms with Crippen molar-refractivity contribution in [2.24, 2.45) is 5.92 Å². The maximum atomic E-state index is 12.5. The molecule has 0 radical (unpaired) electrons. The van der Waals surface area contributed by atoms with Crippen molar-refractivity contribution in [1.29, 1.82) is 0 Å². The minimum absolute atomic E-state index is 0.313. The van der Waals surface area contributed by atoms with Gasteiger partial charge in [0.05, 0.1) is 5.75 Å². The van der Waals surface area contributed by atoms with Crippen LogP contribution in [0.25, 0.3) is 10.9 Å². The lowest BCUT2D eigenvalue weighted by molar-refractivity contribution is 0.335. The lowest BCUT2D eigenvalue weighted by Gasteiger charge is -2.28. The molecular weight excluding hydrogens is 284 g/mol. The zero-order chi connectivity index (χ0) is 14.9. The Balaban J connectivity index is 1.76. The average Bonchev–Trinajstić information content (AvgIpc) is 2.87. The number of hydrogen-bond acceptors (Lipinski definition) is 2. The van der Waals surface area contributed by atoms with Crippen molar-refractivity contribution < 1.29 is 8.42 Å². The van der Waals surface area contributed by atoms with Crippen LogP contribution in [0.5, 0.6) is 0 Å². The molecule has 0 amide bonds. The van der Waals surface area contributed by atoms with Gasteiger partial charge in [-0.2, -0.15) is 4.31 Å². The number of nitrogens with zero attached hydrogens (tertiary/aromatic N) is 1. The first-order chi connectivity index (χ1) is 10.1. The van der Waals surface area contributed by atoms with Crippen molar-refractivity contribution in [1.82, 2.24) is 9.29 Å². The van der Waals surface area contributed by atoms with Crippen LogP contribution < -0.4 is 0 Å². The Morgan fingerprint density at radius 3 is 2.76 bits per heavy atom. The van der Waals surface area contributed by atoms with Gasteiger partial charge in [-0.3, -0.25) is 0 Å². The molecule has 114 valence electrons. The molecule has 1 aliphatic rings. The van der Waals surface area contributed by atoms with E-state index in [2.05, 4.69) is 11.1 Å². The molecule has 1 aromatic carbocycles. The highest BCUT2D eigenvalue weighted by atomic mass is 32.2. The van der Waals surface area contributed by atoms with Crippen LogP contribution in [0.2, 0.25) is 0 Å². The number of aromatic nitrogens is 1. The summed E-state index contributed by atoms with van der Waals surface area (Å²) in [7, 11) is -3.15. The van der Waals surface area contributed by atoms with Crippen LogP contribution in [0.3, 0.4) is 0 Å². The largest absolute Gasteiger partial charge is 0.361 e. The Hall–Kier alpha value is -1.33. The summed E-state index contributed by atoms with van der Waals surface area (Å²) in [5.74, 6) is 0.684. The van der Waals surface area contributed by atoms with Crippen molar-refractivity contribution in [3.8, 4) is 0 Å². The Kier molecular flexibility index (Phi) is 4.04. The maximum absolute atomic E-state index is 12.5. The molecule has 3 rings (SSSR count). The van der Waals surface area contributed by atoms with Gasteiger partial charge in [-0.15, -0.1) is 0 Å². The molecule has 1 heterocycles. The number of sulfonamides is 1. The predicted molar refractivity (Wildman–Crippen MR) is 85.5 cm³/mol. The fourth-order valence-corrected chi connectivity index (χ4v) is 4.75. The van der Waals surface area contributed by atoms with E-state index in [4.69, 9.17) is 0 Å². The van der Waals surface area contributed by atoms with Crippen LogP contribution in [-0.4, -0.2) is 30.0 Å². The predicted octanol–water partition coefficient (Wildman–Crippen LogP) is 3.12. The second kappa shape index (κ2) is 5.81. The summed E-state index contributed by atoms with van der Waals surface area (Å²) in [6.07, 6.45) is 5.20.